The number of fused-ring (bicyclic) bond motifs is 1. The van der Waals surface area contributed by atoms with Crippen molar-refractivity contribution in [3.8, 4) is 0 Å². The summed E-state index contributed by atoms with van der Waals surface area (Å²) in [7, 11) is 0. The fourth-order valence-corrected chi connectivity index (χ4v) is 6.65. The van der Waals surface area contributed by atoms with Gasteiger partial charge in [-0.25, -0.2) is 0 Å². The zero-order chi connectivity index (χ0) is 17.2. The number of rotatable bonds is 5. The molecule has 0 aromatic rings. The van der Waals surface area contributed by atoms with Gasteiger partial charge in [0.2, 0.25) is 0 Å². The van der Waals surface area contributed by atoms with Gasteiger partial charge in [0, 0.05) is 0 Å². The van der Waals surface area contributed by atoms with Gasteiger partial charge in [-0.2, -0.15) is 0 Å². The fraction of sp³-hybridized carbons (Fsp3) is 1.00. The molecule has 3 fully saturated rings. The topological polar surface area (TPSA) is 26.0 Å². The Morgan fingerprint density at radius 1 is 0.750 bits per heavy atom. The Hall–Kier alpha value is -0.0400. The lowest BCUT2D eigenvalue weighted by molar-refractivity contribution is 0.0227. The second kappa shape index (κ2) is 8.11. The molecule has 3 saturated carbocycles. The van der Waals surface area contributed by atoms with Crippen molar-refractivity contribution < 1.29 is 0 Å². The van der Waals surface area contributed by atoms with Gasteiger partial charge >= 0.3 is 0 Å². The number of hydrogen-bond donors (Lipinski definition) is 1. The summed E-state index contributed by atoms with van der Waals surface area (Å²) in [4.78, 5) is 0. The Morgan fingerprint density at radius 2 is 1.29 bits per heavy atom. The van der Waals surface area contributed by atoms with Gasteiger partial charge in [0.1, 0.15) is 0 Å². The van der Waals surface area contributed by atoms with E-state index in [9.17, 15) is 0 Å². The standard InChI is InChI=1S/C23H43N/c1-4-17-6-8-18(9-7-17)19-10-11-21-15-22(13-12-20(21)14-19)23(3,5-2)16-24/h17-22H,4-16,24H2,1-3H3. The lowest BCUT2D eigenvalue weighted by atomic mass is 9.57. The zero-order valence-electron chi connectivity index (χ0n) is 16.7. The Bertz CT molecular complexity index is 377. The molecular weight excluding hydrogens is 290 g/mol. The Labute approximate surface area is 151 Å². The van der Waals surface area contributed by atoms with E-state index in [0.29, 0.717) is 5.41 Å². The van der Waals surface area contributed by atoms with Gasteiger partial charge in [0.05, 0.1) is 0 Å². The van der Waals surface area contributed by atoms with Crippen LogP contribution in [0.15, 0.2) is 0 Å². The molecule has 0 amide bonds. The zero-order valence-corrected chi connectivity index (χ0v) is 16.7. The van der Waals surface area contributed by atoms with E-state index in [0.717, 1.165) is 42.1 Å². The van der Waals surface area contributed by atoms with E-state index in [2.05, 4.69) is 20.8 Å². The average Bonchev–Trinajstić information content (AvgIpc) is 2.66. The largest absolute Gasteiger partial charge is 0.330 e. The molecule has 140 valence electrons. The van der Waals surface area contributed by atoms with Crippen LogP contribution in [0.4, 0.5) is 0 Å². The van der Waals surface area contributed by atoms with Gasteiger partial charge in [-0.1, -0.05) is 40.0 Å². The van der Waals surface area contributed by atoms with Gasteiger partial charge in [0.25, 0.3) is 0 Å². The molecule has 1 heteroatoms. The molecule has 0 spiro atoms. The van der Waals surface area contributed by atoms with Crippen LogP contribution in [0.1, 0.15) is 97.8 Å². The normalized spacial score (nSPS) is 43.0. The predicted octanol–water partition coefficient (Wildman–Crippen LogP) is 6.41. The first kappa shape index (κ1) is 18.7. The van der Waals surface area contributed by atoms with Crippen molar-refractivity contribution in [2.24, 2.45) is 46.7 Å². The van der Waals surface area contributed by atoms with Gasteiger partial charge in [0.15, 0.2) is 0 Å². The maximum atomic E-state index is 6.16. The molecule has 5 atom stereocenters. The first-order chi connectivity index (χ1) is 11.6. The molecule has 2 N–H and O–H groups in total. The molecule has 0 bridgehead atoms. The van der Waals surface area contributed by atoms with Crippen LogP contribution in [-0.2, 0) is 0 Å². The molecule has 1 nitrogen and oxygen atoms in total. The minimum absolute atomic E-state index is 0.403. The first-order valence-electron chi connectivity index (χ1n) is 11.3. The average molecular weight is 334 g/mol. The fourth-order valence-electron chi connectivity index (χ4n) is 6.65. The second-order valence-corrected chi connectivity index (χ2v) is 10.0. The minimum atomic E-state index is 0.403. The molecule has 0 radical (unpaired) electrons. The van der Waals surface area contributed by atoms with E-state index in [1.807, 2.05) is 0 Å². The van der Waals surface area contributed by atoms with Crippen molar-refractivity contribution in [1.82, 2.24) is 0 Å². The monoisotopic (exact) mass is 333 g/mol. The molecule has 3 rings (SSSR count). The smallest absolute Gasteiger partial charge is 0.00206 e. The summed E-state index contributed by atoms with van der Waals surface area (Å²) in [5, 5.41) is 0. The molecule has 3 aliphatic rings. The molecular formula is C23H43N. The van der Waals surface area contributed by atoms with Gasteiger partial charge in [-0.3, -0.25) is 0 Å². The molecule has 3 aliphatic carbocycles. The summed E-state index contributed by atoms with van der Waals surface area (Å²) in [5.74, 6) is 6.19. The van der Waals surface area contributed by atoms with E-state index in [-0.39, 0.29) is 0 Å². The minimum Gasteiger partial charge on any atom is -0.330 e. The molecule has 24 heavy (non-hydrogen) atoms. The van der Waals surface area contributed by atoms with Crippen LogP contribution >= 0.6 is 0 Å². The number of hydrogen-bond acceptors (Lipinski definition) is 1. The van der Waals surface area contributed by atoms with Crippen LogP contribution in [0.2, 0.25) is 0 Å². The molecule has 0 aromatic carbocycles. The highest BCUT2D eigenvalue weighted by atomic mass is 14.6. The lowest BCUT2D eigenvalue weighted by Gasteiger charge is -2.49. The van der Waals surface area contributed by atoms with Gasteiger partial charge < -0.3 is 5.73 Å². The third-order valence-electron chi connectivity index (χ3n) is 9.05. The van der Waals surface area contributed by atoms with Crippen LogP contribution < -0.4 is 5.73 Å². The highest BCUT2D eigenvalue weighted by molar-refractivity contribution is 4.93. The first-order valence-corrected chi connectivity index (χ1v) is 11.3. The maximum Gasteiger partial charge on any atom is -0.00206 e. The number of nitrogens with two attached hydrogens (primary N) is 1. The second-order valence-electron chi connectivity index (χ2n) is 10.0. The summed E-state index contributed by atoms with van der Waals surface area (Å²) in [6.07, 6.45) is 17.9. The van der Waals surface area contributed by atoms with E-state index in [4.69, 9.17) is 5.73 Å². The summed E-state index contributed by atoms with van der Waals surface area (Å²) >= 11 is 0. The summed E-state index contributed by atoms with van der Waals surface area (Å²) in [6, 6.07) is 0. The van der Waals surface area contributed by atoms with Crippen molar-refractivity contribution in [3.63, 3.8) is 0 Å². The quantitative estimate of drug-likeness (QED) is 0.618. The molecule has 0 aromatic heterocycles. The van der Waals surface area contributed by atoms with Gasteiger partial charge in [-0.15, -0.1) is 0 Å². The van der Waals surface area contributed by atoms with Crippen LogP contribution in [0.3, 0.4) is 0 Å². The van der Waals surface area contributed by atoms with E-state index >= 15 is 0 Å². The third-order valence-corrected chi connectivity index (χ3v) is 9.05. The van der Waals surface area contributed by atoms with Crippen molar-refractivity contribution in [1.29, 1.82) is 0 Å². The molecule has 0 heterocycles. The predicted molar refractivity (Wildman–Crippen MR) is 105 cm³/mol. The van der Waals surface area contributed by atoms with Crippen molar-refractivity contribution in [2.75, 3.05) is 6.54 Å². The Kier molecular flexibility index (Phi) is 6.33. The van der Waals surface area contributed by atoms with E-state index in [1.54, 1.807) is 25.7 Å². The summed E-state index contributed by atoms with van der Waals surface area (Å²) in [5.41, 5.74) is 6.56. The Balaban J connectivity index is 1.52. The van der Waals surface area contributed by atoms with Crippen molar-refractivity contribution >= 4 is 0 Å². The van der Waals surface area contributed by atoms with Gasteiger partial charge in [-0.05, 0) is 105 Å². The highest BCUT2D eigenvalue weighted by Crippen LogP contribution is 2.52. The molecule has 0 aliphatic heterocycles. The maximum absolute atomic E-state index is 6.16. The van der Waals surface area contributed by atoms with Crippen molar-refractivity contribution in [2.45, 2.75) is 97.8 Å². The van der Waals surface area contributed by atoms with Crippen LogP contribution in [0.25, 0.3) is 0 Å². The van der Waals surface area contributed by atoms with Crippen LogP contribution in [0, 0.1) is 40.9 Å². The van der Waals surface area contributed by atoms with Crippen molar-refractivity contribution in [3.05, 3.63) is 0 Å². The van der Waals surface area contributed by atoms with Crippen LogP contribution in [0.5, 0.6) is 0 Å². The summed E-state index contributed by atoms with van der Waals surface area (Å²) in [6.45, 7) is 8.08. The highest BCUT2D eigenvalue weighted by Gasteiger charge is 2.42. The lowest BCUT2D eigenvalue weighted by Crippen LogP contribution is -2.41. The molecule has 0 saturated heterocycles. The van der Waals surface area contributed by atoms with E-state index in [1.165, 1.54) is 51.4 Å². The molecule has 5 unspecified atom stereocenters. The van der Waals surface area contributed by atoms with Crippen LogP contribution in [-0.4, -0.2) is 6.54 Å². The third kappa shape index (κ3) is 3.87. The summed E-state index contributed by atoms with van der Waals surface area (Å²) < 4.78 is 0. The van der Waals surface area contributed by atoms with E-state index < -0.39 is 0 Å². The SMILES string of the molecule is CCC1CCC(C2CCC3CC(C(C)(CC)CN)CCC3C2)CC1. The Morgan fingerprint density at radius 3 is 1.88 bits per heavy atom.